The van der Waals surface area contributed by atoms with Gasteiger partial charge in [0.05, 0.1) is 4.47 Å². The molecule has 0 radical (unpaired) electrons. The Hall–Kier alpha value is -2.86. The first kappa shape index (κ1) is 22.8. The van der Waals surface area contributed by atoms with Gasteiger partial charge in [-0.1, -0.05) is 54.6 Å². The maximum Gasteiger partial charge on any atom is 0.261 e. The lowest BCUT2D eigenvalue weighted by molar-refractivity contribution is -0.142. The Labute approximate surface area is 191 Å². The largest absolute Gasteiger partial charge is 0.483 e. The Balaban J connectivity index is 1.80. The monoisotopic (exact) mass is 482 g/mol. The first-order valence-electron chi connectivity index (χ1n) is 10.3. The third-order valence-electron chi connectivity index (χ3n) is 5.30. The Bertz CT molecular complexity index is 1080. The highest BCUT2D eigenvalue weighted by molar-refractivity contribution is 9.10. The normalized spacial score (nSPS) is 11.7. The van der Waals surface area contributed by atoms with Crippen LogP contribution >= 0.6 is 15.9 Å². The predicted molar refractivity (Wildman–Crippen MR) is 127 cm³/mol. The number of hydrogen-bond acceptors (Lipinski definition) is 3. The van der Waals surface area contributed by atoms with Crippen molar-refractivity contribution >= 4 is 38.5 Å². The maximum absolute atomic E-state index is 13.2. The van der Waals surface area contributed by atoms with Crippen molar-refractivity contribution in [1.82, 2.24) is 10.2 Å². The molecule has 0 saturated carbocycles. The van der Waals surface area contributed by atoms with Gasteiger partial charge in [0.25, 0.3) is 5.91 Å². The lowest BCUT2D eigenvalue weighted by atomic mass is 10.1. The van der Waals surface area contributed by atoms with Crippen LogP contribution in [0.5, 0.6) is 5.75 Å². The zero-order valence-corrected chi connectivity index (χ0v) is 19.6. The summed E-state index contributed by atoms with van der Waals surface area (Å²) in [5, 5.41) is 4.90. The van der Waals surface area contributed by atoms with Gasteiger partial charge >= 0.3 is 0 Å². The van der Waals surface area contributed by atoms with Gasteiger partial charge in [0.15, 0.2) is 6.61 Å². The molecule has 5 nitrogen and oxygen atoms in total. The van der Waals surface area contributed by atoms with Gasteiger partial charge in [-0.05, 0) is 64.7 Å². The van der Waals surface area contributed by atoms with Crippen molar-refractivity contribution in [2.45, 2.75) is 33.4 Å². The minimum atomic E-state index is -0.615. The van der Waals surface area contributed by atoms with E-state index in [0.29, 0.717) is 18.8 Å². The molecule has 3 aromatic carbocycles. The van der Waals surface area contributed by atoms with Crippen molar-refractivity contribution in [1.29, 1.82) is 0 Å². The van der Waals surface area contributed by atoms with Gasteiger partial charge in [0, 0.05) is 13.1 Å². The van der Waals surface area contributed by atoms with Gasteiger partial charge in [-0.25, -0.2) is 0 Å². The van der Waals surface area contributed by atoms with Crippen LogP contribution in [0.2, 0.25) is 0 Å². The number of carbonyl (C=O) groups excluding carboxylic acids is 2. The molecule has 0 fully saturated rings. The number of halogens is 1. The summed E-state index contributed by atoms with van der Waals surface area (Å²) < 4.78 is 6.68. The van der Waals surface area contributed by atoms with E-state index in [2.05, 4.69) is 21.2 Å². The van der Waals surface area contributed by atoms with E-state index in [-0.39, 0.29) is 18.4 Å². The molecule has 2 amide bonds. The first-order valence-corrected chi connectivity index (χ1v) is 11.1. The summed E-state index contributed by atoms with van der Waals surface area (Å²) >= 11 is 3.59. The van der Waals surface area contributed by atoms with Gasteiger partial charge in [-0.15, -0.1) is 0 Å². The van der Waals surface area contributed by atoms with Crippen molar-refractivity contribution in [2.24, 2.45) is 0 Å². The summed E-state index contributed by atoms with van der Waals surface area (Å²) in [5.41, 5.74) is 2.07. The minimum absolute atomic E-state index is 0.160. The fourth-order valence-electron chi connectivity index (χ4n) is 3.42. The van der Waals surface area contributed by atoms with E-state index < -0.39 is 6.04 Å². The third-order valence-corrected chi connectivity index (χ3v) is 6.12. The first-order chi connectivity index (χ1) is 14.9. The molecule has 1 unspecified atom stereocenters. The smallest absolute Gasteiger partial charge is 0.261 e. The number of nitrogens with zero attached hydrogens (tertiary/aromatic N) is 1. The maximum atomic E-state index is 13.2. The van der Waals surface area contributed by atoms with E-state index in [9.17, 15) is 9.59 Å². The highest BCUT2D eigenvalue weighted by Gasteiger charge is 2.26. The summed E-state index contributed by atoms with van der Waals surface area (Å²) in [6.45, 7) is 6.29. The van der Waals surface area contributed by atoms with E-state index in [1.54, 1.807) is 11.8 Å². The fourth-order valence-corrected chi connectivity index (χ4v) is 4.03. The zero-order chi connectivity index (χ0) is 22.4. The van der Waals surface area contributed by atoms with Crippen LogP contribution in [0.15, 0.2) is 65.1 Å². The highest BCUT2D eigenvalue weighted by atomic mass is 79.9. The Kier molecular flexibility index (Phi) is 7.69. The van der Waals surface area contributed by atoms with Crippen LogP contribution in [0.4, 0.5) is 0 Å². The molecular formula is C25H27BrN2O3. The average Bonchev–Trinajstić information content (AvgIpc) is 2.78. The molecule has 3 aromatic rings. The van der Waals surface area contributed by atoms with Crippen LogP contribution in [0.25, 0.3) is 10.8 Å². The van der Waals surface area contributed by atoms with Crippen LogP contribution in [-0.4, -0.2) is 35.9 Å². The topological polar surface area (TPSA) is 58.6 Å². The van der Waals surface area contributed by atoms with Gasteiger partial charge in [0.2, 0.25) is 5.91 Å². The van der Waals surface area contributed by atoms with E-state index >= 15 is 0 Å². The van der Waals surface area contributed by atoms with E-state index in [1.807, 2.05) is 74.5 Å². The zero-order valence-electron chi connectivity index (χ0n) is 18.0. The molecule has 0 aliphatic rings. The van der Waals surface area contributed by atoms with Crippen molar-refractivity contribution in [3.05, 3.63) is 76.3 Å². The second-order valence-electron chi connectivity index (χ2n) is 7.41. The lowest BCUT2D eigenvalue weighted by Gasteiger charge is -2.29. The van der Waals surface area contributed by atoms with Crippen molar-refractivity contribution in [2.75, 3.05) is 13.2 Å². The highest BCUT2D eigenvalue weighted by Crippen LogP contribution is 2.33. The summed E-state index contributed by atoms with van der Waals surface area (Å²) in [6.07, 6.45) is 0. The summed E-state index contributed by atoms with van der Waals surface area (Å²) in [4.78, 5) is 27.2. The lowest BCUT2D eigenvalue weighted by Crippen LogP contribution is -2.49. The molecule has 0 aromatic heterocycles. The molecule has 0 spiro atoms. The number of nitrogens with one attached hydrogen (secondary N) is 1. The number of carbonyl (C=O) groups is 2. The van der Waals surface area contributed by atoms with Crippen molar-refractivity contribution in [3.8, 4) is 5.75 Å². The number of ether oxygens (including phenoxy) is 1. The number of benzene rings is 3. The van der Waals surface area contributed by atoms with Gasteiger partial charge in [-0.3, -0.25) is 9.59 Å². The molecule has 31 heavy (non-hydrogen) atoms. The van der Waals surface area contributed by atoms with Crippen LogP contribution in [0, 0.1) is 6.92 Å². The molecule has 1 N–H and O–H groups in total. The molecule has 0 aliphatic heterocycles. The minimum Gasteiger partial charge on any atom is -0.483 e. The van der Waals surface area contributed by atoms with Crippen molar-refractivity contribution in [3.63, 3.8) is 0 Å². The number of aryl methyl sites for hydroxylation is 1. The van der Waals surface area contributed by atoms with Crippen molar-refractivity contribution < 1.29 is 14.3 Å². The standard InChI is InChI=1S/C25H27BrN2O3/c1-4-27-25(30)18(3)28(15-20-11-6-5-9-17(20)2)23(29)16-31-22-14-13-19-10-7-8-12-21(19)24(22)26/h5-14,18H,4,15-16H2,1-3H3,(H,27,30). The SMILES string of the molecule is CCNC(=O)C(C)N(Cc1ccccc1C)C(=O)COc1ccc2ccccc2c1Br. The number of hydrogen-bond donors (Lipinski definition) is 1. The Morgan fingerprint density at radius 3 is 2.52 bits per heavy atom. The number of fused-ring (bicyclic) bond motifs is 1. The predicted octanol–water partition coefficient (Wildman–Crippen LogP) is 4.84. The van der Waals surface area contributed by atoms with Gasteiger partial charge < -0.3 is 15.0 Å². The van der Waals surface area contributed by atoms with Crippen LogP contribution in [-0.2, 0) is 16.1 Å². The number of rotatable bonds is 8. The second kappa shape index (κ2) is 10.4. The molecule has 6 heteroatoms. The molecule has 0 heterocycles. The molecular weight excluding hydrogens is 456 g/mol. The molecule has 0 saturated heterocycles. The second-order valence-corrected chi connectivity index (χ2v) is 8.20. The fraction of sp³-hybridized carbons (Fsp3) is 0.280. The molecule has 1 atom stereocenters. The van der Waals surface area contributed by atoms with Crippen LogP contribution in [0.1, 0.15) is 25.0 Å². The molecule has 0 aliphatic carbocycles. The molecule has 3 rings (SSSR count). The van der Waals surface area contributed by atoms with Crippen LogP contribution in [0.3, 0.4) is 0 Å². The molecule has 162 valence electrons. The summed E-state index contributed by atoms with van der Waals surface area (Å²) in [5.74, 6) is 0.159. The number of likely N-dealkylation sites (N-methyl/N-ethyl adjacent to an activating group) is 1. The van der Waals surface area contributed by atoms with Gasteiger partial charge in [0.1, 0.15) is 11.8 Å². The van der Waals surface area contributed by atoms with Gasteiger partial charge in [-0.2, -0.15) is 0 Å². The molecule has 0 bridgehead atoms. The summed E-state index contributed by atoms with van der Waals surface area (Å²) in [7, 11) is 0. The summed E-state index contributed by atoms with van der Waals surface area (Å²) in [6, 6.07) is 19.0. The van der Waals surface area contributed by atoms with E-state index in [0.717, 1.165) is 26.4 Å². The number of amides is 2. The quantitative estimate of drug-likeness (QED) is 0.499. The van der Waals surface area contributed by atoms with Crippen LogP contribution < -0.4 is 10.1 Å². The van der Waals surface area contributed by atoms with E-state index in [4.69, 9.17) is 4.74 Å². The van der Waals surface area contributed by atoms with E-state index in [1.165, 1.54) is 0 Å². The Morgan fingerprint density at radius 1 is 1.06 bits per heavy atom. The third kappa shape index (κ3) is 5.44. The Morgan fingerprint density at radius 2 is 1.77 bits per heavy atom. The average molecular weight is 483 g/mol.